The van der Waals surface area contributed by atoms with Crippen LogP contribution in [0.2, 0.25) is 0 Å². The summed E-state index contributed by atoms with van der Waals surface area (Å²) in [6, 6.07) is 0. The van der Waals surface area contributed by atoms with E-state index in [2.05, 4.69) is 26.8 Å². The molecule has 3 fully saturated rings. The van der Waals surface area contributed by atoms with Crippen LogP contribution in [0.15, 0.2) is 11.6 Å². The van der Waals surface area contributed by atoms with E-state index in [1.54, 1.807) is 6.92 Å². The fraction of sp³-hybridized carbons (Fsp3) is 0.846. The van der Waals surface area contributed by atoms with Gasteiger partial charge in [0.15, 0.2) is 5.78 Å². The minimum absolute atomic E-state index is 0.00868. The van der Waals surface area contributed by atoms with Crippen molar-refractivity contribution in [3.63, 3.8) is 0 Å². The van der Waals surface area contributed by atoms with Gasteiger partial charge in [-0.3, -0.25) is 9.59 Å². The Bertz CT molecular complexity index is 777. The molecule has 0 heterocycles. The van der Waals surface area contributed by atoms with Crippen molar-refractivity contribution in [3.8, 4) is 0 Å². The fourth-order valence-corrected chi connectivity index (χ4v) is 8.67. The van der Waals surface area contributed by atoms with Crippen molar-refractivity contribution in [1.82, 2.24) is 0 Å². The minimum Gasteiger partial charge on any atom is -0.458 e. The van der Waals surface area contributed by atoms with Crippen LogP contribution in [0.1, 0.15) is 85.5 Å². The van der Waals surface area contributed by atoms with E-state index in [1.165, 1.54) is 18.4 Å². The first-order chi connectivity index (χ1) is 14.6. The Balaban J connectivity index is 1.67. The normalized spacial score (nSPS) is 46.8. The molecule has 3 N–H and O–H groups in total. The molecular weight excluding hydrogens is 390 g/mol. The Morgan fingerprint density at radius 3 is 2.71 bits per heavy atom. The molecule has 0 amide bonds. The van der Waals surface area contributed by atoms with Gasteiger partial charge in [0.25, 0.3) is 0 Å². The number of ether oxygens (including phenoxy) is 1. The van der Waals surface area contributed by atoms with E-state index in [4.69, 9.17) is 10.5 Å². The highest BCUT2D eigenvalue weighted by Gasteiger charge is 2.69. The number of hydrogen-bond acceptors (Lipinski definition) is 5. The zero-order chi connectivity index (χ0) is 22.6. The lowest BCUT2D eigenvalue weighted by Gasteiger charge is -2.64. The van der Waals surface area contributed by atoms with Gasteiger partial charge < -0.3 is 15.6 Å². The molecule has 8 unspecified atom stereocenters. The third-order valence-corrected chi connectivity index (χ3v) is 9.74. The zero-order valence-electron chi connectivity index (χ0n) is 19.8. The number of allylic oxidation sites excluding steroid dienone is 2. The van der Waals surface area contributed by atoms with Gasteiger partial charge in [-0.2, -0.15) is 0 Å². The van der Waals surface area contributed by atoms with E-state index < -0.39 is 11.6 Å². The van der Waals surface area contributed by atoms with Crippen LogP contribution >= 0.6 is 0 Å². The number of carbonyl (C=O) groups is 2. The number of rotatable bonds is 4. The number of carbonyl (C=O) groups excluding carboxylic acids is 2. The van der Waals surface area contributed by atoms with Crippen molar-refractivity contribution in [3.05, 3.63) is 11.6 Å². The van der Waals surface area contributed by atoms with E-state index in [1.807, 2.05) is 0 Å². The smallest absolute Gasteiger partial charge is 0.305 e. The molecule has 0 aromatic carbocycles. The second kappa shape index (κ2) is 7.98. The van der Waals surface area contributed by atoms with Crippen molar-refractivity contribution in [1.29, 1.82) is 0 Å². The number of Topliss-reactive ketones (excluding diaryl/α,β-unsaturated/α-hetero) is 1. The van der Waals surface area contributed by atoms with Crippen molar-refractivity contribution in [2.45, 2.75) is 97.1 Å². The maximum absolute atomic E-state index is 13.2. The fourth-order valence-electron chi connectivity index (χ4n) is 8.67. The Morgan fingerprint density at radius 1 is 1.26 bits per heavy atom. The summed E-state index contributed by atoms with van der Waals surface area (Å²) in [5, 5.41) is 11.6. The predicted molar refractivity (Wildman–Crippen MR) is 120 cm³/mol. The summed E-state index contributed by atoms with van der Waals surface area (Å²) < 4.78 is 5.21. The number of aliphatic hydroxyl groups is 1. The molecular formula is C26H41NO4. The quantitative estimate of drug-likeness (QED) is 0.515. The molecule has 0 radical (unpaired) electrons. The summed E-state index contributed by atoms with van der Waals surface area (Å²) in [4.78, 5) is 24.9. The molecule has 174 valence electrons. The molecule has 4 rings (SSSR count). The molecule has 0 aliphatic heterocycles. The van der Waals surface area contributed by atoms with Crippen molar-refractivity contribution in [2.24, 2.45) is 40.2 Å². The van der Waals surface area contributed by atoms with Crippen molar-refractivity contribution >= 4 is 11.8 Å². The molecule has 4 aliphatic rings. The first kappa shape index (κ1) is 23.0. The largest absolute Gasteiger partial charge is 0.458 e. The van der Waals surface area contributed by atoms with Crippen LogP contribution in [-0.4, -0.2) is 35.1 Å². The van der Waals surface area contributed by atoms with Crippen molar-refractivity contribution < 1.29 is 19.4 Å². The van der Waals surface area contributed by atoms with Crippen LogP contribution in [0.25, 0.3) is 0 Å². The maximum Gasteiger partial charge on any atom is 0.305 e. The molecule has 0 bridgehead atoms. The van der Waals surface area contributed by atoms with E-state index in [0.717, 1.165) is 32.1 Å². The SMILES string of the molecule is CCC(=O)OCC(=O)C1C(C)CC2C1(C)CC(O)C1C3(C)CCCCC=C3CCC12N. The predicted octanol–water partition coefficient (Wildman–Crippen LogP) is 4.17. The van der Waals surface area contributed by atoms with Crippen LogP contribution in [0.3, 0.4) is 0 Å². The third kappa shape index (κ3) is 3.42. The second-order valence-corrected chi connectivity index (χ2v) is 11.5. The minimum atomic E-state index is -0.517. The topological polar surface area (TPSA) is 89.6 Å². The average Bonchev–Trinajstić information content (AvgIpc) is 2.84. The Morgan fingerprint density at radius 2 is 2.00 bits per heavy atom. The van der Waals surface area contributed by atoms with Crippen LogP contribution < -0.4 is 5.73 Å². The lowest BCUT2D eigenvalue weighted by Crippen LogP contribution is -2.70. The molecule has 4 aliphatic carbocycles. The van der Waals surface area contributed by atoms with Gasteiger partial charge >= 0.3 is 5.97 Å². The van der Waals surface area contributed by atoms with E-state index >= 15 is 0 Å². The molecule has 0 aromatic rings. The molecule has 0 saturated heterocycles. The summed E-state index contributed by atoms with van der Waals surface area (Å²) in [6.07, 6.45) is 10.2. The van der Waals surface area contributed by atoms with Crippen LogP contribution in [-0.2, 0) is 14.3 Å². The summed E-state index contributed by atoms with van der Waals surface area (Å²) in [7, 11) is 0. The van der Waals surface area contributed by atoms with E-state index in [9.17, 15) is 14.7 Å². The molecule has 8 atom stereocenters. The summed E-state index contributed by atoms with van der Waals surface area (Å²) >= 11 is 0. The Labute approximate surface area is 187 Å². The average molecular weight is 432 g/mol. The second-order valence-electron chi connectivity index (χ2n) is 11.5. The number of esters is 1. The first-order valence-electron chi connectivity index (χ1n) is 12.4. The maximum atomic E-state index is 13.2. The van der Waals surface area contributed by atoms with Gasteiger partial charge in [0, 0.05) is 23.8 Å². The van der Waals surface area contributed by atoms with Crippen molar-refractivity contribution in [2.75, 3.05) is 6.61 Å². The number of aliphatic hydroxyl groups excluding tert-OH is 1. The lowest BCUT2D eigenvalue weighted by molar-refractivity contribution is -0.158. The number of nitrogens with two attached hydrogens (primary N) is 1. The molecule has 5 heteroatoms. The highest BCUT2D eigenvalue weighted by Crippen LogP contribution is 2.68. The summed E-state index contributed by atoms with van der Waals surface area (Å²) in [6.45, 7) is 8.22. The van der Waals surface area contributed by atoms with Crippen LogP contribution in [0.4, 0.5) is 0 Å². The number of hydrogen-bond donors (Lipinski definition) is 2. The van der Waals surface area contributed by atoms with Gasteiger partial charge in [-0.1, -0.05) is 45.8 Å². The number of ketones is 1. The first-order valence-corrected chi connectivity index (χ1v) is 12.4. The summed E-state index contributed by atoms with van der Waals surface area (Å²) in [5.74, 6) is -0.167. The lowest BCUT2D eigenvalue weighted by atomic mass is 9.43. The third-order valence-electron chi connectivity index (χ3n) is 9.74. The van der Waals surface area contributed by atoms with E-state index in [-0.39, 0.29) is 59.3 Å². The Hall–Kier alpha value is -1.20. The standard InChI is InChI=1S/C26H41NO4/c1-5-21(30)31-15-19(29)22-16(2)13-20-25(22,4)14-18(28)23-24(3)11-8-6-7-9-17(24)10-12-26(20,23)27/h9,16,18,20,22-23,28H,5-8,10-15,27H2,1-4H3. The highest BCUT2D eigenvalue weighted by atomic mass is 16.5. The van der Waals surface area contributed by atoms with Gasteiger partial charge in [0.05, 0.1) is 6.10 Å². The molecule has 5 nitrogen and oxygen atoms in total. The van der Waals surface area contributed by atoms with Gasteiger partial charge in [-0.25, -0.2) is 0 Å². The van der Waals surface area contributed by atoms with E-state index in [0.29, 0.717) is 6.42 Å². The van der Waals surface area contributed by atoms with Gasteiger partial charge in [0.2, 0.25) is 0 Å². The van der Waals surface area contributed by atoms with Gasteiger partial charge in [0.1, 0.15) is 6.61 Å². The van der Waals surface area contributed by atoms with Gasteiger partial charge in [-0.05, 0) is 67.6 Å². The molecule has 0 spiro atoms. The van der Waals surface area contributed by atoms with Crippen LogP contribution in [0, 0.1) is 34.5 Å². The monoisotopic (exact) mass is 431 g/mol. The molecule has 31 heavy (non-hydrogen) atoms. The molecule has 0 aromatic heterocycles. The van der Waals surface area contributed by atoms with Gasteiger partial charge in [-0.15, -0.1) is 0 Å². The zero-order valence-corrected chi connectivity index (χ0v) is 19.8. The van der Waals surface area contributed by atoms with Crippen LogP contribution in [0.5, 0.6) is 0 Å². The molecule has 3 saturated carbocycles. The number of fused-ring (bicyclic) bond motifs is 5. The Kier molecular flexibility index (Phi) is 5.92. The summed E-state index contributed by atoms with van der Waals surface area (Å²) in [5.41, 5.74) is 7.98. The highest BCUT2D eigenvalue weighted by molar-refractivity contribution is 5.85.